The number of alkyl halides is 1. The molecule has 0 atom stereocenters. The first-order valence-corrected chi connectivity index (χ1v) is 5.74. The predicted molar refractivity (Wildman–Crippen MR) is 60.0 cm³/mol. The van der Waals surface area contributed by atoms with Gasteiger partial charge in [-0.15, -0.1) is 0 Å². The normalized spacial score (nSPS) is 11.2. The molecule has 0 fully saturated rings. The van der Waals surface area contributed by atoms with Gasteiger partial charge in [0.15, 0.2) is 0 Å². The average molecular weight is 243 g/mol. The maximum atomic E-state index is 4.24. The van der Waals surface area contributed by atoms with Crippen LogP contribution in [0.1, 0.15) is 25.3 Å². The van der Waals surface area contributed by atoms with Gasteiger partial charge >= 0.3 is 0 Å². The van der Waals surface area contributed by atoms with E-state index in [0.29, 0.717) is 0 Å². The summed E-state index contributed by atoms with van der Waals surface area (Å²) in [5.41, 5.74) is 1.19. The number of hydrogen-bond acceptors (Lipinski definition) is 1. The molecular weight excluding hydrogens is 228 g/mol. The van der Waals surface area contributed by atoms with Crippen LogP contribution in [0.2, 0.25) is 0 Å². The lowest BCUT2D eigenvalue weighted by atomic mass is 10.3. The summed E-state index contributed by atoms with van der Waals surface area (Å²) in [6.45, 7) is 3.16. The van der Waals surface area contributed by atoms with Crippen molar-refractivity contribution in [2.45, 2.75) is 26.3 Å². The number of nitrogens with zero attached hydrogens (tertiary/aromatic N) is 2. The summed E-state index contributed by atoms with van der Waals surface area (Å²) in [5.74, 6) is 0. The molecule has 0 bridgehead atoms. The van der Waals surface area contributed by atoms with Crippen molar-refractivity contribution in [3.8, 4) is 0 Å². The maximum absolute atomic E-state index is 4.24. The summed E-state index contributed by atoms with van der Waals surface area (Å²) in [7, 11) is 0. The third-order valence-electron chi connectivity index (χ3n) is 1.69. The van der Waals surface area contributed by atoms with Gasteiger partial charge in [0.05, 0.1) is 6.20 Å². The van der Waals surface area contributed by atoms with E-state index in [-0.39, 0.29) is 0 Å². The Morgan fingerprint density at radius 3 is 3.15 bits per heavy atom. The van der Waals surface area contributed by atoms with Gasteiger partial charge in [-0.05, 0) is 12.8 Å². The molecule has 0 amide bonds. The lowest BCUT2D eigenvalue weighted by Crippen LogP contribution is -1.95. The van der Waals surface area contributed by atoms with E-state index in [1.54, 1.807) is 0 Å². The molecule has 0 aromatic carbocycles. The minimum atomic E-state index is 1.01. The zero-order valence-corrected chi connectivity index (χ0v) is 9.50. The highest BCUT2D eigenvalue weighted by Gasteiger charge is 1.92. The van der Waals surface area contributed by atoms with Gasteiger partial charge in [-0.3, -0.25) is 4.68 Å². The first-order valence-electron chi connectivity index (χ1n) is 4.61. The summed E-state index contributed by atoms with van der Waals surface area (Å²) in [6.07, 6.45) is 10.4. The molecule has 1 rings (SSSR count). The molecule has 0 aliphatic heterocycles. The standard InChI is InChI=1S/C10H15BrN2/c1-2-7-13-9-10(8-12-13)5-3-4-6-11/h3,5,8-9H,2,4,6-7H2,1H3. The Morgan fingerprint density at radius 2 is 2.46 bits per heavy atom. The second kappa shape index (κ2) is 5.97. The Morgan fingerprint density at radius 1 is 1.62 bits per heavy atom. The highest BCUT2D eigenvalue weighted by molar-refractivity contribution is 9.09. The molecule has 0 spiro atoms. The number of aryl methyl sites for hydroxylation is 1. The number of allylic oxidation sites excluding steroid dienone is 1. The second-order valence-electron chi connectivity index (χ2n) is 2.92. The van der Waals surface area contributed by atoms with Gasteiger partial charge < -0.3 is 0 Å². The van der Waals surface area contributed by atoms with Crippen LogP contribution in [0.25, 0.3) is 6.08 Å². The number of halogens is 1. The van der Waals surface area contributed by atoms with Crippen LogP contribution in [-0.4, -0.2) is 15.1 Å². The third-order valence-corrected chi connectivity index (χ3v) is 2.15. The smallest absolute Gasteiger partial charge is 0.0562 e. The number of aromatic nitrogens is 2. The van der Waals surface area contributed by atoms with Gasteiger partial charge in [-0.1, -0.05) is 35.0 Å². The minimum Gasteiger partial charge on any atom is -0.272 e. The van der Waals surface area contributed by atoms with Crippen LogP contribution in [0.15, 0.2) is 18.5 Å². The Hall–Kier alpha value is -0.570. The van der Waals surface area contributed by atoms with Crippen molar-refractivity contribution in [1.29, 1.82) is 0 Å². The van der Waals surface area contributed by atoms with Crippen molar-refractivity contribution in [1.82, 2.24) is 9.78 Å². The lowest BCUT2D eigenvalue weighted by molar-refractivity contribution is 0.602. The van der Waals surface area contributed by atoms with Gasteiger partial charge in [-0.25, -0.2) is 0 Å². The van der Waals surface area contributed by atoms with Gasteiger partial charge in [0.2, 0.25) is 0 Å². The van der Waals surface area contributed by atoms with E-state index in [2.05, 4.69) is 46.3 Å². The highest BCUT2D eigenvalue weighted by atomic mass is 79.9. The van der Waals surface area contributed by atoms with Gasteiger partial charge in [0.1, 0.15) is 0 Å². The molecule has 0 saturated heterocycles. The molecule has 0 saturated carbocycles. The van der Waals surface area contributed by atoms with Crippen LogP contribution >= 0.6 is 15.9 Å². The molecular formula is C10H15BrN2. The summed E-state index contributed by atoms with van der Waals surface area (Å²) in [4.78, 5) is 0. The van der Waals surface area contributed by atoms with E-state index in [0.717, 1.165) is 24.7 Å². The molecule has 1 aromatic heterocycles. The Labute approximate surface area is 87.8 Å². The molecule has 1 aromatic rings. The van der Waals surface area contributed by atoms with Gasteiger partial charge in [0.25, 0.3) is 0 Å². The lowest BCUT2D eigenvalue weighted by Gasteiger charge is -1.93. The average Bonchev–Trinajstić information content (AvgIpc) is 2.54. The number of hydrogen-bond donors (Lipinski definition) is 0. The molecule has 0 unspecified atom stereocenters. The second-order valence-corrected chi connectivity index (χ2v) is 3.71. The Balaban J connectivity index is 2.48. The first-order chi connectivity index (χ1) is 6.36. The molecule has 0 radical (unpaired) electrons. The van der Waals surface area contributed by atoms with Crippen molar-refractivity contribution in [3.05, 3.63) is 24.0 Å². The fourth-order valence-corrected chi connectivity index (χ4v) is 1.36. The topological polar surface area (TPSA) is 17.8 Å². The summed E-state index contributed by atoms with van der Waals surface area (Å²) in [6, 6.07) is 0. The molecule has 2 nitrogen and oxygen atoms in total. The van der Waals surface area contributed by atoms with Crippen LogP contribution in [0.3, 0.4) is 0 Å². The monoisotopic (exact) mass is 242 g/mol. The highest BCUT2D eigenvalue weighted by Crippen LogP contribution is 2.02. The van der Waals surface area contributed by atoms with Gasteiger partial charge in [-0.2, -0.15) is 5.10 Å². The van der Waals surface area contributed by atoms with Crippen LogP contribution in [0.5, 0.6) is 0 Å². The van der Waals surface area contributed by atoms with E-state index in [4.69, 9.17) is 0 Å². The Bertz CT molecular complexity index is 266. The minimum absolute atomic E-state index is 1.01. The van der Waals surface area contributed by atoms with Crippen molar-refractivity contribution >= 4 is 22.0 Å². The summed E-state index contributed by atoms with van der Waals surface area (Å²) in [5, 5.41) is 5.26. The predicted octanol–water partition coefficient (Wildman–Crippen LogP) is 3.09. The molecule has 72 valence electrons. The van der Waals surface area contributed by atoms with Crippen molar-refractivity contribution in [2.24, 2.45) is 0 Å². The van der Waals surface area contributed by atoms with Crippen molar-refractivity contribution < 1.29 is 0 Å². The summed E-state index contributed by atoms with van der Waals surface area (Å²) >= 11 is 3.38. The third kappa shape index (κ3) is 3.77. The van der Waals surface area contributed by atoms with E-state index in [1.807, 2.05) is 10.9 Å². The van der Waals surface area contributed by atoms with Crippen LogP contribution < -0.4 is 0 Å². The fraction of sp³-hybridized carbons (Fsp3) is 0.500. The zero-order valence-electron chi connectivity index (χ0n) is 7.91. The van der Waals surface area contributed by atoms with E-state index in [9.17, 15) is 0 Å². The molecule has 0 aliphatic carbocycles. The quantitative estimate of drug-likeness (QED) is 0.726. The molecule has 1 heterocycles. The number of rotatable bonds is 5. The Kier molecular flexibility index (Phi) is 4.83. The first kappa shape index (κ1) is 10.5. The van der Waals surface area contributed by atoms with Crippen LogP contribution in [0.4, 0.5) is 0 Å². The maximum Gasteiger partial charge on any atom is 0.0562 e. The fourth-order valence-electron chi connectivity index (χ4n) is 1.10. The van der Waals surface area contributed by atoms with E-state index in [1.165, 1.54) is 5.56 Å². The van der Waals surface area contributed by atoms with E-state index < -0.39 is 0 Å². The van der Waals surface area contributed by atoms with E-state index >= 15 is 0 Å². The largest absolute Gasteiger partial charge is 0.272 e. The zero-order chi connectivity index (χ0) is 9.52. The molecule has 3 heteroatoms. The molecule has 13 heavy (non-hydrogen) atoms. The van der Waals surface area contributed by atoms with Crippen molar-refractivity contribution in [2.75, 3.05) is 5.33 Å². The summed E-state index contributed by atoms with van der Waals surface area (Å²) < 4.78 is 1.98. The van der Waals surface area contributed by atoms with Gasteiger partial charge in [0, 0.05) is 23.6 Å². The molecule has 0 N–H and O–H groups in total. The SMILES string of the molecule is CCCn1cc(C=CCCBr)cn1. The van der Waals surface area contributed by atoms with Crippen LogP contribution in [0, 0.1) is 0 Å². The van der Waals surface area contributed by atoms with Crippen LogP contribution in [-0.2, 0) is 6.54 Å². The molecule has 0 aliphatic rings. The van der Waals surface area contributed by atoms with Crippen molar-refractivity contribution in [3.63, 3.8) is 0 Å².